The molecule has 0 saturated carbocycles. The van der Waals surface area contributed by atoms with E-state index < -0.39 is 0 Å². The van der Waals surface area contributed by atoms with Crippen LogP contribution in [-0.4, -0.2) is 27.8 Å². The van der Waals surface area contributed by atoms with Gasteiger partial charge >= 0.3 is 0 Å². The maximum atomic E-state index is 5.32. The van der Waals surface area contributed by atoms with Gasteiger partial charge in [-0.3, -0.25) is 0 Å². The summed E-state index contributed by atoms with van der Waals surface area (Å²) in [6, 6.07) is 10.6. The number of ether oxygens (including phenoxy) is 1. The van der Waals surface area contributed by atoms with Crippen molar-refractivity contribution in [3.05, 3.63) is 54.5 Å². The number of rotatable bonds is 2. The zero-order valence-corrected chi connectivity index (χ0v) is 11.3. The van der Waals surface area contributed by atoms with Crippen molar-refractivity contribution in [2.75, 3.05) is 13.2 Å². The van der Waals surface area contributed by atoms with Gasteiger partial charge in [0.15, 0.2) is 5.65 Å². The number of fused-ring (bicyclic) bond motifs is 1. The van der Waals surface area contributed by atoms with Gasteiger partial charge in [0.2, 0.25) is 0 Å². The predicted octanol–water partition coefficient (Wildman–Crippen LogP) is 2.68. The lowest BCUT2D eigenvalue weighted by Gasteiger charge is -2.38. The zero-order valence-electron chi connectivity index (χ0n) is 11.3. The fourth-order valence-corrected chi connectivity index (χ4v) is 2.60. The van der Waals surface area contributed by atoms with E-state index in [9.17, 15) is 0 Å². The molecule has 0 unspecified atom stereocenters. The first-order valence-corrected chi connectivity index (χ1v) is 6.73. The van der Waals surface area contributed by atoms with Crippen LogP contribution in [0.2, 0.25) is 0 Å². The van der Waals surface area contributed by atoms with Crippen molar-refractivity contribution in [3.8, 4) is 11.1 Å². The van der Waals surface area contributed by atoms with Crippen molar-refractivity contribution in [1.29, 1.82) is 0 Å². The molecule has 0 atom stereocenters. The standard InChI is InChI=1S/C16H15N3O/c1-16(10-20-11-16)14-4-2-12(3-5-14)13-8-17-15-6-7-18-19(15)9-13/h2-9H,10-11H2,1H3. The van der Waals surface area contributed by atoms with E-state index in [1.807, 2.05) is 18.5 Å². The van der Waals surface area contributed by atoms with Crippen LogP contribution in [0.15, 0.2) is 48.9 Å². The summed E-state index contributed by atoms with van der Waals surface area (Å²) in [5.74, 6) is 0. The highest BCUT2D eigenvalue weighted by atomic mass is 16.5. The Balaban J connectivity index is 1.71. The molecule has 4 nitrogen and oxygen atoms in total. The van der Waals surface area contributed by atoms with Gasteiger partial charge in [0.05, 0.1) is 19.4 Å². The van der Waals surface area contributed by atoms with Crippen molar-refractivity contribution >= 4 is 5.65 Å². The third-order valence-electron chi connectivity index (χ3n) is 4.00. The Bertz CT molecular complexity index is 757. The smallest absolute Gasteiger partial charge is 0.154 e. The molecule has 3 aromatic rings. The summed E-state index contributed by atoms with van der Waals surface area (Å²) in [6.07, 6.45) is 5.65. The maximum absolute atomic E-state index is 5.32. The minimum atomic E-state index is 0.183. The summed E-state index contributed by atoms with van der Waals surface area (Å²) in [6.45, 7) is 3.86. The fourth-order valence-electron chi connectivity index (χ4n) is 2.60. The van der Waals surface area contributed by atoms with Crippen LogP contribution in [0.3, 0.4) is 0 Å². The van der Waals surface area contributed by atoms with E-state index in [1.54, 1.807) is 10.7 Å². The van der Waals surface area contributed by atoms with E-state index in [0.29, 0.717) is 0 Å². The Morgan fingerprint density at radius 2 is 1.90 bits per heavy atom. The van der Waals surface area contributed by atoms with Crippen LogP contribution in [0, 0.1) is 0 Å². The second-order valence-corrected chi connectivity index (χ2v) is 5.61. The number of aromatic nitrogens is 3. The Hall–Kier alpha value is -2.20. The largest absolute Gasteiger partial charge is 0.379 e. The van der Waals surface area contributed by atoms with Gasteiger partial charge in [0.25, 0.3) is 0 Å². The molecule has 3 heterocycles. The molecule has 1 saturated heterocycles. The minimum Gasteiger partial charge on any atom is -0.379 e. The predicted molar refractivity (Wildman–Crippen MR) is 76.6 cm³/mol. The summed E-state index contributed by atoms with van der Waals surface area (Å²) in [5, 5.41) is 4.22. The molecule has 20 heavy (non-hydrogen) atoms. The summed E-state index contributed by atoms with van der Waals surface area (Å²) in [5.41, 5.74) is 4.61. The van der Waals surface area contributed by atoms with Crippen LogP contribution in [0.25, 0.3) is 16.8 Å². The van der Waals surface area contributed by atoms with Gasteiger partial charge in [-0.05, 0) is 11.1 Å². The van der Waals surface area contributed by atoms with Gasteiger partial charge in [-0.25, -0.2) is 9.50 Å². The van der Waals surface area contributed by atoms with Crippen LogP contribution in [0.4, 0.5) is 0 Å². The molecular formula is C16H15N3O. The molecule has 4 rings (SSSR count). The van der Waals surface area contributed by atoms with Crippen LogP contribution >= 0.6 is 0 Å². The molecule has 0 amide bonds. The van der Waals surface area contributed by atoms with Gasteiger partial charge < -0.3 is 4.74 Å². The van der Waals surface area contributed by atoms with E-state index in [0.717, 1.165) is 30.0 Å². The van der Waals surface area contributed by atoms with Crippen LogP contribution in [-0.2, 0) is 10.2 Å². The second-order valence-electron chi connectivity index (χ2n) is 5.61. The van der Waals surface area contributed by atoms with E-state index in [4.69, 9.17) is 4.74 Å². The molecule has 0 N–H and O–H groups in total. The van der Waals surface area contributed by atoms with Gasteiger partial charge in [0, 0.05) is 29.4 Å². The summed E-state index contributed by atoms with van der Waals surface area (Å²) < 4.78 is 7.12. The molecule has 1 aromatic carbocycles. The van der Waals surface area contributed by atoms with Crippen molar-refractivity contribution in [1.82, 2.24) is 14.6 Å². The Morgan fingerprint density at radius 3 is 2.60 bits per heavy atom. The lowest BCUT2D eigenvalue weighted by atomic mass is 9.80. The molecule has 4 heteroatoms. The van der Waals surface area contributed by atoms with Crippen molar-refractivity contribution < 1.29 is 4.74 Å². The normalized spacial score (nSPS) is 17.1. The van der Waals surface area contributed by atoms with Gasteiger partial charge in [-0.2, -0.15) is 5.10 Å². The molecule has 0 radical (unpaired) electrons. The quantitative estimate of drug-likeness (QED) is 0.715. The topological polar surface area (TPSA) is 39.4 Å². The monoisotopic (exact) mass is 265 g/mol. The lowest BCUT2D eigenvalue weighted by molar-refractivity contribution is -0.0500. The lowest BCUT2D eigenvalue weighted by Crippen LogP contribution is -2.43. The number of hydrogen-bond donors (Lipinski definition) is 0. The average Bonchev–Trinajstić information content (AvgIpc) is 2.92. The molecular weight excluding hydrogens is 250 g/mol. The zero-order chi connectivity index (χ0) is 13.6. The first-order chi connectivity index (χ1) is 9.74. The third kappa shape index (κ3) is 1.72. The van der Waals surface area contributed by atoms with E-state index in [1.165, 1.54) is 5.56 Å². The molecule has 0 aliphatic carbocycles. The molecule has 0 spiro atoms. The Morgan fingerprint density at radius 1 is 1.10 bits per heavy atom. The van der Waals surface area contributed by atoms with E-state index >= 15 is 0 Å². The average molecular weight is 265 g/mol. The first-order valence-electron chi connectivity index (χ1n) is 6.73. The molecule has 1 aliphatic heterocycles. The van der Waals surface area contributed by atoms with Gasteiger partial charge in [-0.15, -0.1) is 0 Å². The van der Waals surface area contributed by atoms with Gasteiger partial charge in [-0.1, -0.05) is 31.2 Å². The SMILES string of the molecule is CC1(c2ccc(-c3cnc4ccnn4c3)cc2)COC1. The Kier molecular flexibility index (Phi) is 2.41. The second kappa shape index (κ2) is 4.15. The number of benzene rings is 1. The summed E-state index contributed by atoms with van der Waals surface area (Å²) in [4.78, 5) is 4.40. The Labute approximate surface area is 117 Å². The highest BCUT2D eigenvalue weighted by molar-refractivity contribution is 5.63. The number of nitrogens with zero attached hydrogens (tertiary/aromatic N) is 3. The highest BCUT2D eigenvalue weighted by Gasteiger charge is 2.34. The first kappa shape index (κ1) is 11.6. The molecule has 1 aliphatic rings. The van der Waals surface area contributed by atoms with Gasteiger partial charge in [0.1, 0.15) is 0 Å². The van der Waals surface area contributed by atoms with Crippen molar-refractivity contribution in [2.45, 2.75) is 12.3 Å². The van der Waals surface area contributed by atoms with Crippen molar-refractivity contribution in [3.63, 3.8) is 0 Å². The van der Waals surface area contributed by atoms with Crippen LogP contribution < -0.4 is 0 Å². The van der Waals surface area contributed by atoms with Crippen molar-refractivity contribution in [2.24, 2.45) is 0 Å². The maximum Gasteiger partial charge on any atom is 0.154 e. The highest BCUT2D eigenvalue weighted by Crippen LogP contribution is 2.32. The summed E-state index contributed by atoms with van der Waals surface area (Å²) in [7, 11) is 0. The van der Waals surface area contributed by atoms with Crippen LogP contribution in [0.5, 0.6) is 0 Å². The minimum absolute atomic E-state index is 0.183. The fraction of sp³-hybridized carbons (Fsp3) is 0.250. The number of hydrogen-bond acceptors (Lipinski definition) is 3. The molecule has 2 aromatic heterocycles. The molecule has 0 bridgehead atoms. The third-order valence-corrected chi connectivity index (χ3v) is 4.00. The summed E-state index contributed by atoms with van der Waals surface area (Å²) >= 11 is 0. The molecule has 100 valence electrons. The molecule has 1 fully saturated rings. The van der Waals surface area contributed by atoms with E-state index in [2.05, 4.69) is 41.3 Å². The van der Waals surface area contributed by atoms with Crippen LogP contribution in [0.1, 0.15) is 12.5 Å². The van der Waals surface area contributed by atoms with E-state index in [-0.39, 0.29) is 5.41 Å².